The average Bonchev–Trinajstić information content (AvgIpc) is 3.04. The zero-order valence-corrected chi connectivity index (χ0v) is 25.6. The molecule has 3 rings (SSSR count). The van der Waals surface area contributed by atoms with Gasteiger partial charge in [0, 0.05) is 22.6 Å². The fraction of sp³-hybridized carbons (Fsp3) is 0.469. The largest absolute Gasteiger partial charge is 0.496 e. The number of nitrogens with zero attached hydrogens (tertiary/aromatic N) is 4. The van der Waals surface area contributed by atoms with Gasteiger partial charge in [0.1, 0.15) is 24.4 Å². The topological polar surface area (TPSA) is 168 Å². The van der Waals surface area contributed by atoms with Crippen LogP contribution in [-0.4, -0.2) is 61.0 Å². The normalized spacial score (nSPS) is 15.4. The molecule has 0 aliphatic carbocycles. The highest BCUT2D eigenvalue weighted by Gasteiger charge is 2.41. The van der Waals surface area contributed by atoms with Gasteiger partial charge in [0.15, 0.2) is 6.29 Å². The van der Waals surface area contributed by atoms with Crippen LogP contribution in [-0.2, 0) is 30.3 Å². The third kappa shape index (κ3) is 8.67. The number of hydrogen-bond acceptors (Lipinski definition) is 8. The number of rotatable bonds is 14. The number of azide groups is 1. The van der Waals surface area contributed by atoms with Gasteiger partial charge in [0.25, 0.3) is 5.91 Å². The standard InChI is InChI=1S/C32H39N5O7/c1-5-32(2,3)29(40)30(41)37-16-7-6-11-25(37)31(42)44-26(15-13-21-12-14-23(20-38)27(17-21)43-4)22-9-8-10-24(18-22)35-28(39)19-34-36-33/h8-10,12,14,17-18,20,25-26H,5-7,11,13,15-16,19H2,1-4H3,(H,35,39)/t25-,26+/m0/s1. The summed E-state index contributed by atoms with van der Waals surface area (Å²) < 4.78 is 11.4. The molecule has 0 radical (unpaired) electrons. The number of benzene rings is 2. The number of piperidine rings is 1. The number of Topliss-reactive ketones (excluding diaryl/α,β-unsaturated/α-hetero) is 1. The second kappa shape index (κ2) is 15.7. The van der Waals surface area contributed by atoms with Crippen LogP contribution in [0.5, 0.6) is 5.75 Å². The van der Waals surface area contributed by atoms with Crippen molar-refractivity contribution in [2.75, 3.05) is 25.5 Å². The van der Waals surface area contributed by atoms with E-state index in [4.69, 9.17) is 15.0 Å². The first-order valence-electron chi connectivity index (χ1n) is 14.6. The molecule has 2 aromatic carbocycles. The van der Waals surface area contributed by atoms with Crippen LogP contribution in [0.2, 0.25) is 0 Å². The number of amides is 2. The molecule has 0 saturated carbocycles. The molecule has 234 valence electrons. The van der Waals surface area contributed by atoms with E-state index in [1.807, 2.05) is 6.92 Å². The molecule has 12 heteroatoms. The lowest BCUT2D eigenvalue weighted by Crippen LogP contribution is -2.53. The Bertz CT molecular complexity index is 1430. The molecule has 2 aromatic rings. The molecule has 2 amide bonds. The van der Waals surface area contributed by atoms with Crippen LogP contribution in [0.15, 0.2) is 47.6 Å². The zero-order valence-electron chi connectivity index (χ0n) is 25.6. The lowest BCUT2D eigenvalue weighted by Gasteiger charge is -2.36. The summed E-state index contributed by atoms with van der Waals surface area (Å²) in [5.74, 6) is -1.91. The monoisotopic (exact) mass is 605 g/mol. The first kappa shape index (κ1) is 33.8. The summed E-state index contributed by atoms with van der Waals surface area (Å²) in [5, 5.41) is 5.93. The minimum Gasteiger partial charge on any atom is -0.496 e. The molecule has 0 aromatic heterocycles. The van der Waals surface area contributed by atoms with E-state index in [2.05, 4.69) is 15.3 Å². The van der Waals surface area contributed by atoms with E-state index in [9.17, 15) is 24.0 Å². The molecular formula is C32H39N5O7. The van der Waals surface area contributed by atoms with Crippen LogP contribution in [0.4, 0.5) is 5.69 Å². The Kier molecular flexibility index (Phi) is 12.0. The van der Waals surface area contributed by atoms with E-state index in [0.29, 0.717) is 67.4 Å². The van der Waals surface area contributed by atoms with Crippen LogP contribution in [0.3, 0.4) is 0 Å². The SMILES string of the molecule is CCC(C)(C)C(=O)C(=O)N1CCCC[C@H]1C(=O)O[C@H](CCc1ccc(C=O)c(OC)c1)c1cccc(NC(=O)CN=[N+]=[N-])c1. The van der Waals surface area contributed by atoms with E-state index >= 15 is 0 Å². The van der Waals surface area contributed by atoms with Gasteiger partial charge in [-0.05, 0) is 79.4 Å². The van der Waals surface area contributed by atoms with Crippen LogP contribution >= 0.6 is 0 Å². The maximum absolute atomic E-state index is 13.7. The van der Waals surface area contributed by atoms with Gasteiger partial charge in [-0.1, -0.05) is 44.1 Å². The zero-order chi connectivity index (χ0) is 32.3. The highest BCUT2D eigenvalue weighted by molar-refractivity contribution is 6.38. The summed E-state index contributed by atoms with van der Waals surface area (Å²) in [6, 6.07) is 11.1. The number of esters is 1. The van der Waals surface area contributed by atoms with Gasteiger partial charge in [-0.25, -0.2) is 4.79 Å². The van der Waals surface area contributed by atoms with Crippen molar-refractivity contribution in [3.05, 3.63) is 69.6 Å². The van der Waals surface area contributed by atoms with Crippen molar-refractivity contribution in [3.63, 3.8) is 0 Å². The number of nitrogens with one attached hydrogen (secondary N) is 1. The molecule has 1 saturated heterocycles. The molecule has 1 aliphatic rings. The number of ketones is 1. The number of aldehydes is 1. The van der Waals surface area contributed by atoms with Crippen molar-refractivity contribution in [3.8, 4) is 5.75 Å². The van der Waals surface area contributed by atoms with Crippen molar-refractivity contribution >= 4 is 35.5 Å². The van der Waals surface area contributed by atoms with Crippen molar-refractivity contribution in [2.45, 2.75) is 71.4 Å². The summed E-state index contributed by atoms with van der Waals surface area (Å²) in [5.41, 5.74) is 9.91. The van der Waals surface area contributed by atoms with Crippen LogP contribution < -0.4 is 10.1 Å². The Hall–Kier alpha value is -4.70. The molecule has 0 unspecified atom stereocenters. The molecule has 44 heavy (non-hydrogen) atoms. The van der Waals surface area contributed by atoms with E-state index in [1.54, 1.807) is 56.3 Å². The van der Waals surface area contributed by atoms with Gasteiger partial charge in [0.2, 0.25) is 11.7 Å². The number of carbonyl (C=O) groups excluding carboxylic acids is 5. The summed E-state index contributed by atoms with van der Waals surface area (Å²) in [4.78, 5) is 67.4. The maximum atomic E-state index is 13.7. The molecule has 1 N–H and O–H groups in total. The number of hydrogen-bond donors (Lipinski definition) is 1. The van der Waals surface area contributed by atoms with Crippen LogP contribution in [0.25, 0.3) is 10.4 Å². The van der Waals surface area contributed by atoms with E-state index in [1.165, 1.54) is 12.0 Å². The Morgan fingerprint density at radius 3 is 2.64 bits per heavy atom. The van der Waals surface area contributed by atoms with Gasteiger partial charge >= 0.3 is 5.97 Å². The molecule has 12 nitrogen and oxygen atoms in total. The number of aryl methyl sites for hydroxylation is 1. The maximum Gasteiger partial charge on any atom is 0.329 e. The summed E-state index contributed by atoms with van der Waals surface area (Å²) in [6.45, 7) is 5.18. The smallest absolute Gasteiger partial charge is 0.329 e. The summed E-state index contributed by atoms with van der Waals surface area (Å²) in [6.07, 6.45) is 2.93. The minimum absolute atomic E-state index is 0.282. The quantitative estimate of drug-likeness (QED) is 0.0755. The Labute approximate surface area is 256 Å². The number of anilines is 1. The predicted molar refractivity (Wildman–Crippen MR) is 163 cm³/mol. The number of carbonyl (C=O) groups is 5. The first-order valence-corrected chi connectivity index (χ1v) is 14.6. The molecule has 1 aliphatic heterocycles. The highest BCUT2D eigenvalue weighted by Crippen LogP contribution is 2.31. The van der Waals surface area contributed by atoms with Crippen molar-refractivity contribution < 1.29 is 33.4 Å². The highest BCUT2D eigenvalue weighted by atomic mass is 16.5. The Balaban J connectivity index is 1.89. The third-order valence-corrected chi connectivity index (χ3v) is 7.93. The molecular weight excluding hydrogens is 566 g/mol. The van der Waals surface area contributed by atoms with E-state index < -0.39 is 41.1 Å². The molecule has 1 heterocycles. The van der Waals surface area contributed by atoms with Crippen molar-refractivity contribution in [2.24, 2.45) is 10.5 Å². The molecule has 0 bridgehead atoms. The lowest BCUT2D eigenvalue weighted by atomic mass is 9.84. The molecule has 2 atom stereocenters. The van der Waals surface area contributed by atoms with E-state index in [0.717, 1.165) is 5.56 Å². The van der Waals surface area contributed by atoms with Crippen LogP contribution in [0, 0.1) is 5.41 Å². The van der Waals surface area contributed by atoms with Crippen molar-refractivity contribution in [1.29, 1.82) is 0 Å². The lowest BCUT2D eigenvalue weighted by molar-refractivity contribution is -0.164. The minimum atomic E-state index is -0.908. The summed E-state index contributed by atoms with van der Waals surface area (Å²) >= 11 is 0. The van der Waals surface area contributed by atoms with Gasteiger partial charge in [-0.3, -0.25) is 19.2 Å². The predicted octanol–water partition coefficient (Wildman–Crippen LogP) is 5.36. The molecule has 0 spiro atoms. The average molecular weight is 606 g/mol. The van der Waals surface area contributed by atoms with E-state index in [-0.39, 0.29) is 13.1 Å². The second-order valence-corrected chi connectivity index (χ2v) is 11.3. The van der Waals surface area contributed by atoms with Crippen molar-refractivity contribution in [1.82, 2.24) is 4.90 Å². The molecule has 1 fully saturated rings. The first-order chi connectivity index (χ1) is 21.0. The summed E-state index contributed by atoms with van der Waals surface area (Å²) in [7, 11) is 1.47. The van der Waals surface area contributed by atoms with Gasteiger partial charge in [-0.2, -0.15) is 0 Å². The van der Waals surface area contributed by atoms with Gasteiger partial charge < -0.3 is 19.7 Å². The Morgan fingerprint density at radius 2 is 1.95 bits per heavy atom. The second-order valence-electron chi connectivity index (χ2n) is 11.3. The third-order valence-electron chi connectivity index (χ3n) is 7.93. The number of methoxy groups -OCH3 is 1. The van der Waals surface area contributed by atoms with Gasteiger partial charge in [-0.15, -0.1) is 0 Å². The number of ether oxygens (including phenoxy) is 2. The number of likely N-dealkylation sites (tertiary alicyclic amines) is 1. The fourth-order valence-electron chi connectivity index (χ4n) is 4.93. The Morgan fingerprint density at radius 1 is 1.18 bits per heavy atom. The fourth-order valence-corrected chi connectivity index (χ4v) is 4.93. The van der Waals surface area contributed by atoms with Gasteiger partial charge in [0.05, 0.1) is 12.7 Å². The van der Waals surface area contributed by atoms with Crippen LogP contribution in [0.1, 0.15) is 80.5 Å².